The first-order chi connectivity index (χ1) is 9.52. The second-order valence-corrected chi connectivity index (χ2v) is 4.44. The molecule has 0 aliphatic carbocycles. The largest absolute Gasteiger partial charge is 0.479 e. The highest BCUT2D eigenvalue weighted by Gasteiger charge is 2.36. The van der Waals surface area contributed by atoms with E-state index < -0.39 is 17.4 Å². The lowest BCUT2D eigenvalue weighted by atomic mass is 9.92. The molecule has 7 heteroatoms. The van der Waals surface area contributed by atoms with Gasteiger partial charge in [0.05, 0.1) is 6.20 Å². The Morgan fingerprint density at radius 2 is 2.05 bits per heavy atom. The van der Waals surface area contributed by atoms with Crippen LogP contribution >= 0.6 is 0 Å². The minimum Gasteiger partial charge on any atom is -0.479 e. The molecular formula is C13H14N4O3. The summed E-state index contributed by atoms with van der Waals surface area (Å²) in [5.41, 5.74) is -0.988. The summed E-state index contributed by atoms with van der Waals surface area (Å²) in [6, 6.07) is 8.54. The van der Waals surface area contributed by atoms with Crippen LogP contribution in [-0.2, 0) is 21.7 Å². The Labute approximate surface area is 115 Å². The molecule has 0 saturated carbocycles. The maximum Gasteiger partial charge on any atom is 0.333 e. The average molecular weight is 274 g/mol. The Hall–Kier alpha value is -2.70. The quantitative estimate of drug-likeness (QED) is 0.822. The average Bonchev–Trinajstić information content (AvgIpc) is 2.92. The zero-order valence-corrected chi connectivity index (χ0v) is 10.9. The van der Waals surface area contributed by atoms with Crippen LogP contribution in [0.4, 0.5) is 0 Å². The van der Waals surface area contributed by atoms with Crippen molar-refractivity contribution in [2.75, 3.05) is 0 Å². The van der Waals surface area contributed by atoms with Crippen molar-refractivity contribution >= 4 is 11.9 Å². The molecule has 1 aromatic carbocycles. The predicted octanol–water partition coefficient (Wildman–Crippen LogP) is 0.394. The van der Waals surface area contributed by atoms with E-state index in [4.69, 9.17) is 0 Å². The van der Waals surface area contributed by atoms with Crippen LogP contribution in [0.2, 0.25) is 0 Å². The number of carboxylic acids is 1. The molecular weight excluding hydrogens is 260 g/mol. The highest BCUT2D eigenvalue weighted by molar-refractivity contribution is 5.87. The van der Waals surface area contributed by atoms with Crippen LogP contribution in [0.15, 0.2) is 42.7 Å². The number of benzene rings is 1. The maximum atomic E-state index is 11.9. The zero-order chi connectivity index (χ0) is 14.6. The molecule has 0 radical (unpaired) electrons. The van der Waals surface area contributed by atoms with Gasteiger partial charge in [-0.1, -0.05) is 35.5 Å². The van der Waals surface area contributed by atoms with Crippen molar-refractivity contribution in [1.29, 1.82) is 0 Å². The summed E-state index contributed by atoms with van der Waals surface area (Å²) in [6.45, 7) is 1.36. The predicted molar refractivity (Wildman–Crippen MR) is 69.6 cm³/mol. The van der Waals surface area contributed by atoms with E-state index in [2.05, 4.69) is 15.6 Å². The Morgan fingerprint density at radius 3 is 2.60 bits per heavy atom. The fourth-order valence-corrected chi connectivity index (χ4v) is 1.80. The van der Waals surface area contributed by atoms with Crippen molar-refractivity contribution in [3.8, 4) is 0 Å². The Morgan fingerprint density at radius 1 is 1.35 bits per heavy atom. The van der Waals surface area contributed by atoms with Crippen LogP contribution < -0.4 is 5.32 Å². The van der Waals surface area contributed by atoms with Gasteiger partial charge in [-0.3, -0.25) is 4.79 Å². The van der Waals surface area contributed by atoms with E-state index in [1.807, 2.05) is 0 Å². The first-order valence-electron chi connectivity index (χ1n) is 5.96. The monoisotopic (exact) mass is 274 g/mol. The van der Waals surface area contributed by atoms with Gasteiger partial charge < -0.3 is 10.4 Å². The molecule has 1 aromatic heterocycles. The van der Waals surface area contributed by atoms with Crippen molar-refractivity contribution in [3.05, 3.63) is 48.3 Å². The van der Waals surface area contributed by atoms with E-state index >= 15 is 0 Å². The first-order valence-corrected chi connectivity index (χ1v) is 5.96. The van der Waals surface area contributed by atoms with Gasteiger partial charge in [0.1, 0.15) is 6.54 Å². The number of aliphatic carboxylic acids is 1. The minimum absolute atomic E-state index is 0.0876. The van der Waals surface area contributed by atoms with Crippen LogP contribution in [0.25, 0.3) is 0 Å². The summed E-state index contributed by atoms with van der Waals surface area (Å²) in [5, 5.41) is 19.2. The smallest absolute Gasteiger partial charge is 0.333 e. The zero-order valence-electron chi connectivity index (χ0n) is 10.9. The molecule has 0 saturated heterocycles. The van der Waals surface area contributed by atoms with Crippen molar-refractivity contribution in [1.82, 2.24) is 20.3 Å². The lowest BCUT2D eigenvalue weighted by molar-refractivity contribution is -0.147. The lowest BCUT2D eigenvalue weighted by Gasteiger charge is -2.26. The molecule has 0 spiro atoms. The molecule has 104 valence electrons. The van der Waals surface area contributed by atoms with E-state index in [1.54, 1.807) is 30.3 Å². The number of amides is 1. The standard InChI is InChI=1S/C13H14N4O3/c1-13(12(19)20,10-5-3-2-4-6-10)15-11(18)9-17-8-7-14-16-17/h2-8H,9H2,1H3,(H,15,18)(H,19,20). The summed E-state index contributed by atoms with van der Waals surface area (Å²) < 4.78 is 1.32. The van der Waals surface area contributed by atoms with Gasteiger partial charge in [0.2, 0.25) is 5.91 Å². The normalized spacial score (nSPS) is 13.4. The Kier molecular flexibility index (Phi) is 3.79. The SMILES string of the molecule is CC(NC(=O)Cn1ccnn1)(C(=O)O)c1ccccc1. The second-order valence-electron chi connectivity index (χ2n) is 4.44. The van der Waals surface area contributed by atoms with E-state index in [9.17, 15) is 14.7 Å². The number of carbonyl (C=O) groups is 2. The van der Waals surface area contributed by atoms with Crippen LogP contribution in [-0.4, -0.2) is 32.0 Å². The Balaban J connectivity index is 2.18. The highest BCUT2D eigenvalue weighted by Crippen LogP contribution is 2.20. The Bertz CT molecular complexity index is 597. The summed E-state index contributed by atoms with van der Waals surface area (Å²) in [6.07, 6.45) is 2.97. The van der Waals surface area contributed by atoms with Gasteiger partial charge in [-0.2, -0.15) is 0 Å². The number of hydrogen-bond acceptors (Lipinski definition) is 4. The fraction of sp³-hybridized carbons (Fsp3) is 0.231. The fourth-order valence-electron chi connectivity index (χ4n) is 1.80. The van der Waals surface area contributed by atoms with Gasteiger partial charge in [0.15, 0.2) is 5.54 Å². The van der Waals surface area contributed by atoms with Crippen molar-refractivity contribution in [2.45, 2.75) is 19.0 Å². The highest BCUT2D eigenvalue weighted by atomic mass is 16.4. The first kappa shape index (κ1) is 13.7. The molecule has 1 amide bonds. The third kappa shape index (κ3) is 2.82. The molecule has 2 N–H and O–H groups in total. The molecule has 1 heterocycles. The van der Waals surface area contributed by atoms with Gasteiger partial charge in [0.25, 0.3) is 0 Å². The van der Waals surface area contributed by atoms with E-state index in [0.29, 0.717) is 5.56 Å². The molecule has 0 bridgehead atoms. The molecule has 0 aliphatic rings. The number of nitrogens with zero attached hydrogens (tertiary/aromatic N) is 3. The molecule has 7 nitrogen and oxygen atoms in total. The summed E-state index contributed by atoms with van der Waals surface area (Å²) in [7, 11) is 0. The van der Waals surface area contributed by atoms with E-state index in [0.717, 1.165) is 0 Å². The van der Waals surface area contributed by atoms with Crippen LogP contribution in [0.5, 0.6) is 0 Å². The lowest BCUT2D eigenvalue weighted by Crippen LogP contribution is -2.50. The van der Waals surface area contributed by atoms with E-state index in [-0.39, 0.29) is 6.54 Å². The van der Waals surface area contributed by atoms with Crippen molar-refractivity contribution in [2.24, 2.45) is 0 Å². The van der Waals surface area contributed by atoms with Gasteiger partial charge in [0, 0.05) is 6.20 Å². The third-order valence-corrected chi connectivity index (χ3v) is 2.95. The van der Waals surface area contributed by atoms with Gasteiger partial charge >= 0.3 is 5.97 Å². The molecule has 2 aromatic rings. The molecule has 0 fully saturated rings. The minimum atomic E-state index is -1.49. The third-order valence-electron chi connectivity index (χ3n) is 2.95. The second kappa shape index (κ2) is 5.52. The number of carbonyl (C=O) groups excluding carboxylic acids is 1. The number of rotatable bonds is 5. The maximum absolute atomic E-state index is 11.9. The number of hydrogen-bond donors (Lipinski definition) is 2. The van der Waals surface area contributed by atoms with Gasteiger partial charge in [-0.25, -0.2) is 9.48 Å². The summed E-state index contributed by atoms with van der Waals surface area (Å²) in [5.74, 6) is -1.58. The van der Waals surface area contributed by atoms with Crippen LogP contribution in [0.1, 0.15) is 12.5 Å². The number of aromatic nitrogens is 3. The topological polar surface area (TPSA) is 97.1 Å². The summed E-state index contributed by atoms with van der Waals surface area (Å²) in [4.78, 5) is 23.5. The molecule has 1 unspecified atom stereocenters. The van der Waals surface area contributed by atoms with Gasteiger partial charge in [-0.15, -0.1) is 5.10 Å². The van der Waals surface area contributed by atoms with Crippen LogP contribution in [0.3, 0.4) is 0 Å². The number of nitrogens with one attached hydrogen (secondary N) is 1. The molecule has 2 rings (SSSR count). The molecule has 0 aliphatic heterocycles. The van der Waals surface area contributed by atoms with Crippen molar-refractivity contribution < 1.29 is 14.7 Å². The molecule has 1 atom stereocenters. The molecule has 20 heavy (non-hydrogen) atoms. The van der Waals surface area contributed by atoms with Crippen molar-refractivity contribution in [3.63, 3.8) is 0 Å². The van der Waals surface area contributed by atoms with Gasteiger partial charge in [-0.05, 0) is 12.5 Å². The van der Waals surface area contributed by atoms with Crippen LogP contribution in [0, 0.1) is 0 Å². The van der Waals surface area contributed by atoms with E-state index in [1.165, 1.54) is 24.0 Å². The summed E-state index contributed by atoms with van der Waals surface area (Å²) >= 11 is 0. The number of carboxylic acid groups (broad SMARTS) is 1.